The first-order valence-electron chi connectivity index (χ1n) is 3.99. The number of hydrogen-bond donors (Lipinski definition) is 1. The van der Waals surface area contributed by atoms with E-state index < -0.39 is 16.3 Å². The molecule has 0 aromatic rings. The molecular formula is C8H13BrO5. The first kappa shape index (κ1) is 13.4. The van der Waals surface area contributed by atoms with Gasteiger partial charge in [0.2, 0.25) is 0 Å². The van der Waals surface area contributed by atoms with Crippen molar-refractivity contribution in [1.82, 2.24) is 0 Å². The van der Waals surface area contributed by atoms with Gasteiger partial charge in [0, 0.05) is 0 Å². The van der Waals surface area contributed by atoms with Gasteiger partial charge in [-0.25, -0.2) is 4.79 Å². The molecule has 6 heteroatoms. The van der Waals surface area contributed by atoms with Crippen molar-refractivity contribution in [3.05, 3.63) is 0 Å². The maximum atomic E-state index is 11.1. The van der Waals surface area contributed by atoms with Gasteiger partial charge in [-0.05, 0) is 13.8 Å². The summed E-state index contributed by atoms with van der Waals surface area (Å²) in [6.07, 6.45) is 0. The van der Waals surface area contributed by atoms with Crippen molar-refractivity contribution in [3.63, 3.8) is 0 Å². The lowest BCUT2D eigenvalue weighted by Gasteiger charge is -2.14. The quantitative estimate of drug-likeness (QED) is 0.438. The maximum absolute atomic E-state index is 11.1. The van der Waals surface area contributed by atoms with Gasteiger partial charge in [-0.15, -0.1) is 0 Å². The summed E-state index contributed by atoms with van der Waals surface area (Å²) >= 11 is 3.13. The number of carboxylic acids is 1. The van der Waals surface area contributed by atoms with Crippen LogP contribution in [0.15, 0.2) is 0 Å². The van der Waals surface area contributed by atoms with Crippen LogP contribution in [0.25, 0.3) is 0 Å². The molecule has 0 aromatic heterocycles. The van der Waals surface area contributed by atoms with Crippen LogP contribution in [-0.4, -0.2) is 41.2 Å². The summed E-state index contributed by atoms with van der Waals surface area (Å²) in [7, 11) is 0. The molecule has 0 aliphatic rings. The molecular weight excluding hydrogens is 256 g/mol. The van der Waals surface area contributed by atoms with E-state index in [1.165, 1.54) is 0 Å². The Balaban J connectivity index is 3.46. The minimum atomic E-state index is -1.04. The lowest BCUT2D eigenvalue weighted by Crippen LogP contribution is -2.28. The molecule has 0 radical (unpaired) electrons. The van der Waals surface area contributed by atoms with Gasteiger partial charge in [0.05, 0.1) is 6.61 Å². The van der Waals surface area contributed by atoms with Crippen LogP contribution < -0.4 is 0 Å². The largest absolute Gasteiger partial charge is 0.480 e. The predicted octanol–water partition coefficient (Wildman–Crippen LogP) is 0.804. The number of ether oxygens (including phenoxy) is 2. The van der Waals surface area contributed by atoms with Crippen LogP contribution in [0.5, 0.6) is 0 Å². The van der Waals surface area contributed by atoms with Crippen molar-refractivity contribution >= 4 is 27.9 Å². The Morgan fingerprint density at radius 1 is 1.36 bits per heavy atom. The molecule has 1 N–H and O–H groups in total. The van der Waals surface area contributed by atoms with Gasteiger partial charge in [0.1, 0.15) is 17.5 Å². The molecule has 0 bridgehead atoms. The van der Waals surface area contributed by atoms with Gasteiger partial charge in [-0.2, -0.15) is 0 Å². The number of rotatable bonds is 6. The molecule has 0 spiro atoms. The number of carbonyl (C=O) groups is 2. The fraction of sp³-hybridized carbons (Fsp3) is 0.750. The monoisotopic (exact) mass is 268 g/mol. The van der Waals surface area contributed by atoms with E-state index in [1.54, 1.807) is 13.8 Å². The third-order valence-corrected chi connectivity index (χ3v) is 1.50. The van der Waals surface area contributed by atoms with E-state index >= 15 is 0 Å². The highest BCUT2D eigenvalue weighted by atomic mass is 79.9. The van der Waals surface area contributed by atoms with Crippen LogP contribution in [-0.2, 0) is 19.1 Å². The summed E-state index contributed by atoms with van der Waals surface area (Å²) in [5.74, 6) is -1.45. The molecule has 0 atom stereocenters. The van der Waals surface area contributed by atoms with Crippen LogP contribution in [0.3, 0.4) is 0 Å². The predicted molar refractivity (Wildman–Crippen MR) is 52.4 cm³/mol. The van der Waals surface area contributed by atoms with E-state index in [0.717, 1.165) is 0 Å². The molecule has 0 saturated carbocycles. The smallest absolute Gasteiger partial charge is 0.329 e. The second-order valence-corrected chi connectivity index (χ2v) is 5.04. The third-order valence-electron chi connectivity index (χ3n) is 1.17. The molecule has 0 aliphatic heterocycles. The molecule has 0 saturated heterocycles. The molecule has 0 fully saturated rings. The number of carbonyl (C=O) groups excluding carboxylic acids is 1. The summed E-state index contributed by atoms with van der Waals surface area (Å²) in [5, 5.41) is 8.21. The average Bonchev–Trinajstić information content (AvgIpc) is 2.01. The first-order valence-corrected chi connectivity index (χ1v) is 4.79. The highest BCUT2D eigenvalue weighted by Crippen LogP contribution is 2.17. The normalized spacial score (nSPS) is 11.1. The number of hydrogen-bond acceptors (Lipinski definition) is 4. The zero-order valence-electron chi connectivity index (χ0n) is 8.08. The summed E-state index contributed by atoms with van der Waals surface area (Å²) in [5.41, 5.74) is 0. The van der Waals surface area contributed by atoms with E-state index in [1.807, 2.05) is 0 Å². The Bertz CT molecular complexity index is 208. The summed E-state index contributed by atoms with van der Waals surface area (Å²) < 4.78 is 8.73. The minimum absolute atomic E-state index is 0.0567. The number of halogens is 1. The van der Waals surface area contributed by atoms with Gasteiger partial charge in [-0.3, -0.25) is 4.79 Å². The van der Waals surface area contributed by atoms with E-state index in [9.17, 15) is 9.59 Å². The van der Waals surface area contributed by atoms with Crippen LogP contribution in [0.4, 0.5) is 0 Å². The summed E-state index contributed by atoms with van der Waals surface area (Å²) in [6, 6.07) is 0. The maximum Gasteiger partial charge on any atom is 0.329 e. The van der Waals surface area contributed by atoms with Crippen LogP contribution in [0.2, 0.25) is 0 Å². The second kappa shape index (κ2) is 5.98. The molecule has 0 heterocycles. The van der Waals surface area contributed by atoms with Crippen molar-refractivity contribution in [2.24, 2.45) is 0 Å². The molecule has 82 valence electrons. The van der Waals surface area contributed by atoms with E-state index in [4.69, 9.17) is 9.84 Å². The molecule has 0 aromatic carbocycles. The molecule has 0 amide bonds. The van der Waals surface area contributed by atoms with Gasteiger partial charge in [0.25, 0.3) is 0 Å². The average molecular weight is 269 g/mol. The number of esters is 1. The second-order valence-electron chi connectivity index (χ2n) is 3.05. The van der Waals surface area contributed by atoms with Crippen molar-refractivity contribution in [1.29, 1.82) is 0 Å². The van der Waals surface area contributed by atoms with Gasteiger partial charge in [0.15, 0.2) is 0 Å². The van der Waals surface area contributed by atoms with E-state index in [2.05, 4.69) is 20.7 Å². The Morgan fingerprint density at radius 2 is 1.93 bits per heavy atom. The van der Waals surface area contributed by atoms with Gasteiger partial charge in [-0.1, -0.05) is 15.9 Å². The SMILES string of the molecule is CC(C)(Br)C(=O)OCCOCC(=O)O. The highest BCUT2D eigenvalue weighted by molar-refractivity contribution is 9.10. The zero-order chi connectivity index (χ0) is 11.2. The number of aliphatic carboxylic acids is 1. The lowest BCUT2D eigenvalue weighted by molar-refractivity contribution is -0.148. The molecule has 0 aliphatic carbocycles. The van der Waals surface area contributed by atoms with Crippen molar-refractivity contribution in [3.8, 4) is 0 Å². The Morgan fingerprint density at radius 3 is 2.36 bits per heavy atom. The molecule has 14 heavy (non-hydrogen) atoms. The molecule has 0 unspecified atom stereocenters. The van der Waals surface area contributed by atoms with Gasteiger partial charge >= 0.3 is 11.9 Å². The zero-order valence-corrected chi connectivity index (χ0v) is 9.67. The first-order chi connectivity index (χ1) is 6.34. The number of carboxylic acid groups (broad SMARTS) is 1. The molecule has 0 rings (SSSR count). The van der Waals surface area contributed by atoms with Crippen molar-refractivity contribution in [2.75, 3.05) is 19.8 Å². The summed E-state index contributed by atoms with van der Waals surface area (Å²) in [4.78, 5) is 21.1. The van der Waals surface area contributed by atoms with Crippen LogP contribution in [0.1, 0.15) is 13.8 Å². The highest BCUT2D eigenvalue weighted by Gasteiger charge is 2.25. The van der Waals surface area contributed by atoms with Crippen LogP contribution in [0, 0.1) is 0 Å². The Hall–Kier alpha value is -0.620. The standard InChI is InChI=1S/C8H13BrO5/c1-8(2,9)7(12)14-4-3-13-5-6(10)11/h3-5H2,1-2H3,(H,10,11). The van der Waals surface area contributed by atoms with Gasteiger partial charge < -0.3 is 14.6 Å². The Kier molecular flexibility index (Phi) is 5.71. The summed E-state index contributed by atoms with van der Waals surface area (Å²) in [6.45, 7) is 3.08. The lowest BCUT2D eigenvalue weighted by atomic mass is 10.2. The van der Waals surface area contributed by atoms with Crippen LogP contribution >= 0.6 is 15.9 Å². The minimum Gasteiger partial charge on any atom is -0.480 e. The number of alkyl halides is 1. The fourth-order valence-electron chi connectivity index (χ4n) is 0.524. The Labute approximate surface area is 90.5 Å². The van der Waals surface area contributed by atoms with E-state index in [-0.39, 0.29) is 19.8 Å². The van der Waals surface area contributed by atoms with Crippen molar-refractivity contribution in [2.45, 2.75) is 18.2 Å². The topological polar surface area (TPSA) is 72.8 Å². The fourth-order valence-corrected chi connectivity index (χ4v) is 0.639. The van der Waals surface area contributed by atoms with E-state index in [0.29, 0.717) is 0 Å². The van der Waals surface area contributed by atoms with Crippen molar-refractivity contribution < 1.29 is 24.2 Å². The molecule has 5 nitrogen and oxygen atoms in total. The third kappa shape index (κ3) is 6.85.